The molecule has 84 valence electrons. The topological polar surface area (TPSA) is 77.4 Å². The fraction of sp³-hybridized carbons (Fsp3) is 1.00. The highest BCUT2D eigenvalue weighted by molar-refractivity contribution is 4.86. The number of aliphatic hydroxyl groups excluding tert-OH is 2. The zero-order valence-electron chi connectivity index (χ0n) is 8.41. The molecule has 0 radical (unpaired) electrons. The van der Waals surface area contributed by atoms with Crippen LogP contribution in [0.3, 0.4) is 0 Å². The Morgan fingerprint density at radius 3 is 1.86 bits per heavy atom. The molecular formula is C8H16O6. The van der Waals surface area contributed by atoms with Gasteiger partial charge in [0.1, 0.15) is 18.3 Å². The molecule has 6 nitrogen and oxygen atoms in total. The van der Waals surface area contributed by atoms with Gasteiger partial charge in [0.15, 0.2) is 12.6 Å². The summed E-state index contributed by atoms with van der Waals surface area (Å²) >= 11 is 0. The van der Waals surface area contributed by atoms with Crippen LogP contribution in [-0.4, -0.2) is 62.4 Å². The van der Waals surface area contributed by atoms with Crippen LogP contribution in [0.5, 0.6) is 0 Å². The molecule has 0 aromatic carbocycles. The second kappa shape index (κ2) is 5.01. The maximum Gasteiger partial charge on any atom is 0.189 e. The van der Waals surface area contributed by atoms with Gasteiger partial charge in [0, 0.05) is 21.3 Å². The number of hydrogen-bond acceptors (Lipinski definition) is 6. The van der Waals surface area contributed by atoms with Crippen molar-refractivity contribution < 1.29 is 29.2 Å². The fourth-order valence-electron chi connectivity index (χ4n) is 1.44. The third kappa shape index (κ3) is 2.05. The molecule has 1 aliphatic rings. The number of rotatable bonds is 3. The molecule has 1 saturated heterocycles. The van der Waals surface area contributed by atoms with Gasteiger partial charge in [-0.1, -0.05) is 0 Å². The van der Waals surface area contributed by atoms with E-state index in [2.05, 4.69) is 0 Å². The third-order valence-electron chi connectivity index (χ3n) is 2.24. The van der Waals surface area contributed by atoms with E-state index in [1.54, 1.807) is 0 Å². The Morgan fingerprint density at radius 1 is 0.857 bits per heavy atom. The Balaban J connectivity index is 2.71. The Morgan fingerprint density at radius 2 is 1.43 bits per heavy atom. The number of methoxy groups -OCH3 is 3. The molecular weight excluding hydrogens is 192 g/mol. The molecule has 6 heteroatoms. The first-order valence-electron chi connectivity index (χ1n) is 4.25. The lowest BCUT2D eigenvalue weighted by atomic mass is 10.0. The lowest BCUT2D eigenvalue weighted by Crippen LogP contribution is -2.59. The summed E-state index contributed by atoms with van der Waals surface area (Å²) < 4.78 is 19.9. The van der Waals surface area contributed by atoms with Gasteiger partial charge >= 0.3 is 0 Å². The molecule has 0 spiro atoms. The van der Waals surface area contributed by atoms with Gasteiger partial charge in [-0.25, -0.2) is 0 Å². The second-order valence-electron chi connectivity index (χ2n) is 3.03. The van der Waals surface area contributed by atoms with E-state index in [-0.39, 0.29) is 0 Å². The van der Waals surface area contributed by atoms with Crippen LogP contribution in [0, 0.1) is 0 Å². The van der Waals surface area contributed by atoms with Crippen LogP contribution in [0.1, 0.15) is 0 Å². The van der Waals surface area contributed by atoms with Crippen molar-refractivity contribution in [2.45, 2.75) is 30.9 Å². The average Bonchev–Trinajstić information content (AvgIpc) is 2.21. The number of aliphatic hydroxyl groups is 2. The van der Waals surface area contributed by atoms with E-state index in [9.17, 15) is 10.2 Å². The molecule has 14 heavy (non-hydrogen) atoms. The minimum atomic E-state index is -1.14. The van der Waals surface area contributed by atoms with Crippen LogP contribution in [-0.2, 0) is 18.9 Å². The standard InChI is InChI=1S/C8H16O6/c1-11-6-4(9)5(10)7(12-2)14-8(6)13-3/h4-10H,1-3H3. The van der Waals surface area contributed by atoms with Crippen molar-refractivity contribution in [3.05, 3.63) is 0 Å². The molecule has 1 fully saturated rings. The average molecular weight is 208 g/mol. The molecule has 5 unspecified atom stereocenters. The summed E-state index contributed by atoms with van der Waals surface area (Å²) in [7, 11) is 4.21. The van der Waals surface area contributed by atoms with Gasteiger partial charge in [-0.15, -0.1) is 0 Å². The van der Waals surface area contributed by atoms with Crippen LogP contribution in [0.2, 0.25) is 0 Å². The summed E-state index contributed by atoms with van der Waals surface area (Å²) in [5.41, 5.74) is 0. The monoisotopic (exact) mass is 208 g/mol. The largest absolute Gasteiger partial charge is 0.387 e. The van der Waals surface area contributed by atoms with Crippen molar-refractivity contribution in [1.29, 1.82) is 0 Å². The fourth-order valence-corrected chi connectivity index (χ4v) is 1.44. The molecule has 1 aliphatic heterocycles. The molecule has 2 N–H and O–H groups in total. The predicted molar refractivity (Wildman–Crippen MR) is 45.5 cm³/mol. The molecule has 0 aromatic heterocycles. The van der Waals surface area contributed by atoms with Crippen molar-refractivity contribution in [3.8, 4) is 0 Å². The Kier molecular flexibility index (Phi) is 4.24. The van der Waals surface area contributed by atoms with Gasteiger partial charge in [-0.3, -0.25) is 0 Å². The van der Waals surface area contributed by atoms with Crippen molar-refractivity contribution in [1.82, 2.24) is 0 Å². The summed E-state index contributed by atoms with van der Waals surface area (Å²) in [6.45, 7) is 0. The van der Waals surface area contributed by atoms with E-state index < -0.39 is 30.9 Å². The van der Waals surface area contributed by atoms with Crippen LogP contribution in [0.15, 0.2) is 0 Å². The lowest BCUT2D eigenvalue weighted by Gasteiger charge is -2.40. The SMILES string of the molecule is COC1OC(OC)C(OC)C(O)C1O. The molecule has 5 atom stereocenters. The van der Waals surface area contributed by atoms with E-state index in [1.165, 1.54) is 21.3 Å². The zero-order valence-corrected chi connectivity index (χ0v) is 8.41. The van der Waals surface area contributed by atoms with Gasteiger partial charge < -0.3 is 29.2 Å². The summed E-state index contributed by atoms with van der Waals surface area (Å²) in [5.74, 6) is 0. The Labute approximate surface area is 82.3 Å². The van der Waals surface area contributed by atoms with Crippen LogP contribution in [0.25, 0.3) is 0 Å². The molecule has 1 heterocycles. The van der Waals surface area contributed by atoms with Gasteiger partial charge in [0.25, 0.3) is 0 Å². The van der Waals surface area contributed by atoms with Crippen molar-refractivity contribution in [2.75, 3.05) is 21.3 Å². The maximum atomic E-state index is 9.63. The predicted octanol–water partition coefficient (Wildman–Crippen LogP) is -1.30. The maximum absolute atomic E-state index is 9.63. The summed E-state index contributed by atoms with van der Waals surface area (Å²) in [6.07, 6.45) is -4.61. The molecule has 0 aromatic rings. The van der Waals surface area contributed by atoms with Gasteiger partial charge in [-0.05, 0) is 0 Å². The number of ether oxygens (including phenoxy) is 4. The quantitative estimate of drug-likeness (QED) is 0.600. The first kappa shape index (κ1) is 11.8. The summed E-state index contributed by atoms with van der Waals surface area (Å²) in [5, 5.41) is 19.1. The molecule has 0 bridgehead atoms. The first-order valence-corrected chi connectivity index (χ1v) is 4.25. The number of hydrogen-bond donors (Lipinski definition) is 2. The zero-order chi connectivity index (χ0) is 10.7. The van der Waals surface area contributed by atoms with Crippen molar-refractivity contribution in [3.63, 3.8) is 0 Å². The van der Waals surface area contributed by atoms with Crippen LogP contribution < -0.4 is 0 Å². The molecule has 0 amide bonds. The van der Waals surface area contributed by atoms with Crippen LogP contribution >= 0.6 is 0 Å². The van der Waals surface area contributed by atoms with Gasteiger partial charge in [-0.2, -0.15) is 0 Å². The van der Waals surface area contributed by atoms with E-state index in [0.29, 0.717) is 0 Å². The first-order chi connectivity index (χ1) is 6.65. The second-order valence-corrected chi connectivity index (χ2v) is 3.03. The molecule has 0 saturated carbocycles. The van der Waals surface area contributed by atoms with E-state index in [4.69, 9.17) is 18.9 Å². The van der Waals surface area contributed by atoms with Crippen LogP contribution in [0.4, 0.5) is 0 Å². The Bertz CT molecular complexity index is 173. The van der Waals surface area contributed by atoms with Gasteiger partial charge in [0.2, 0.25) is 0 Å². The normalized spacial score (nSPS) is 43.9. The molecule has 0 aliphatic carbocycles. The minimum Gasteiger partial charge on any atom is -0.387 e. The smallest absolute Gasteiger partial charge is 0.189 e. The van der Waals surface area contributed by atoms with E-state index in [0.717, 1.165) is 0 Å². The summed E-state index contributed by atoms with van der Waals surface area (Å²) in [4.78, 5) is 0. The summed E-state index contributed by atoms with van der Waals surface area (Å²) in [6, 6.07) is 0. The third-order valence-corrected chi connectivity index (χ3v) is 2.24. The van der Waals surface area contributed by atoms with E-state index in [1.807, 2.05) is 0 Å². The lowest BCUT2D eigenvalue weighted by molar-refractivity contribution is -0.343. The highest BCUT2D eigenvalue weighted by atomic mass is 16.8. The van der Waals surface area contributed by atoms with Crippen molar-refractivity contribution >= 4 is 0 Å². The van der Waals surface area contributed by atoms with Crippen molar-refractivity contribution in [2.24, 2.45) is 0 Å². The Hall–Kier alpha value is -0.240. The highest BCUT2D eigenvalue weighted by Gasteiger charge is 2.45. The highest BCUT2D eigenvalue weighted by Crippen LogP contribution is 2.23. The minimum absolute atomic E-state index is 0.721. The molecule has 1 rings (SSSR count). The van der Waals surface area contributed by atoms with Gasteiger partial charge in [0.05, 0.1) is 0 Å². The van der Waals surface area contributed by atoms with E-state index >= 15 is 0 Å².